The maximum atomic E-state index is 12.9. The fraction of sp³-hybridized carbons (Fsp3) is 0. The average Bonchev–Trinajstić information content (AvgIpc) is 2.94. The quantitative estimate of drug-likeness (QED) is 0.552. The summed E-state index contributed by atoms with van der Waals surface area (Å²) in [6.45, 7) is 0. The second kappa shape index (κ2) is 4.90. The third-order valence-electron chi connectivity index (χ3n) is 3.57. The summed E-state index contributed by atoms with van der Waals surface area (Å²) in [5, 5.41) is 1.84. The standard InChI is InChI=1S/C17H11NO2S2/c19-22(20,16-10-3-4-11-18-16)15-9-5-8-14-17(15)12-6-1-2-7-13(12)21-14/h1-11H. The fourth-order valence-corrected chi connectivity index (χ4v) is 5.21. The van der Waals surface area contributed by atoms with Crippen molar-refractivity contribution in [3.63, 3.8) is 0 Å². The van der Waals surface area contributed by atoms with Crippen LogP contribution in [0.4, 0.5) is 0 Å². The van der Waals surface area contributed by atoms with Crippen molar-refractivity contribution in [2.24, 2.45) is 0 Å². The first-order valence-electron chi connectivity index (χ1n) is 6.74. The molecule has 108 valence electrons. The molecule has 0 fully saturated rings. The molecule has 0 aliphatic rings. The number of hydrogen-bond acceptors (Lipinski definition) is 4. The van der Waals surface area contributed by atoms with Gasteiger partial charge in [0.2, 0.25) is 9.84 Å². The first-order valence-corrected chi connectivity index (χ1v) is 9.04. The molecule has 4 aromatic rings. The summed E-state index contributed by atoms with van der Waals surface area (Å²) < 4.78 is 27.9. The molecule has 0 atom stereocenters. The van der Waals surface area contributed by atoms with Crippen LogP contribution in [-0.2, 0) is 9.84 Å². The Morgan fingerprint density at radius 1 is 0.818 bits per heavy atom. The first-order chi connectivity index (χ1) is 10.7. The van der Waals surface area contributed by atoms with Gasteiger partial charge in [-0.25, -0.2) is 13.4 Å². The molecule has 0 saturated carbocycles. The summed E-state index contributed by atoms with van der Waals surface area (Å²) >= 11 is 1.60. The van der Waals surface area contributed by atoms with Gasteiger partial charge in [0.1, 0.15) is 0 Å². The van der Waals surface area contributed by atoms with Crippen molar-refractivity contribution in [1.29, 1.82) is 0 Å². The summed E-state index contributed by atoms with van der Waals surface area (Å²) in [6.07, 6.45) is 1.50. The Morgan fingerprint density at radius 2 is 1.59 bits per heavy atom. The highest BCUT2D eigenvalue weighted by molar-refractivity contribution is 7.91. The minimum absolute atomic E-state index is 0.0813. The normalized spacial score (nSPS) is 12.0. The van der Waals surface area contributed by atoms with Crippen LogP contribution in [0.5, 0.6) is 0 Å². The van der Waals surface area contributed by atoms with Crippen LogP contribution in [0.1, 0.15) is 0 Å². The van der Waals surface area contributed by atoms with Crippen molar-refractivity contribution in [2.75, 3.05) is 0 Å². The molecule has 0 saturated heterocycles. The van der Waals surface area contributed by atoms with Crippen molar-refractivity contribution < 1.29 is 8.42 Å². The van der Waals surface area contributed by atoms with Gasteiger partial charge in [-0.05, 0) is 30.3 Å². The number of thiophene rings is 1. The molecule has 0 radical (unpaired) electrons. The van der Waals surface area contributed by atoms with Gasteiger partial charge in [0.05, 0.1) is 4.90 Å². The van der Waals surface area contributed by atoms with E-state index in [1.807, 2.05) is 30.3 Å². The molecule has 0 unspecified atom stereocenters. The van der Waals surface area contributed by atoms with E-state index in [0.717, 1.165) is 20.2 Å². The molecule has 2 heterocycles. The monoisotopic (exact) mass is 325 g/mol. The summed E-state index contributed by atoms with van der Waals surface area (Å²) in [5.74, 6) is 0. The largest absolute Gasteiger partial charge is 0.244 e. The molecular formula is C17H11NO2S2. The van der Waals surface area contributed by atoms with E-state index >= 15 is 0 Å². The number of fused-ring (bicyclic) bond motifs is 3. The van der Waals surface area contributed by atoms with E-state index in [2.05, 4.69) is 4.98 Å². The Hall–Kier alpha value is -2.24. The van der Waals surface area contributed by atoms with Crippen LogP contribution >= 0.6 is 11.3 Å². The number of hydrogen-bond donors (Lipinski definition) is 0. The van der Waals surface area contributed by atoms with Gasteiger partial charge < -0.3 is 0 Å². The molecule has 0 aliphatic heterocycles. The van der Waals surface area contributed by atoms with Gasteiger partial charge in [0.15, 0.2) is 5.03 Å². The molecule has 0 N–H and O–H groups in total. The second-order valence-corrected chi connectivity index (χ2v) is 7.85. The maximum Gasteiger partial charge on any atom is 0.224 e. The van der Waals surface area contributed by atoms with Gasteiger partial charge in [-0.15, -0.1) is 11.3 Å². The maximum absolute atomic E-state index is 12.9. The minimum Gasteiger partial charge on any atom is -0.244 e. The van der Waals surface area contributed by atoms with E-state index in [4.69, 9.17) is 0 Å². The van der Waals surface area contributed by atoms with Crippen LogP contribution in [0.3, 0.4) is 0 Å². The topological polar surface area (TPSA) is 47.0 Å². The Morgan fingerprint density at radius 3 is 2.41 bits per heavy atom. The van der Waals surface area contributed by atoms with E-state index in [-0.39, 0.29) is 5.03 Å². The summed E-state index contributed by atoms with van der Waals surface area (Å²) in [6, 6.07) is 18.2. The number of benzene rings is 2. The van der Waals surface area contributed by atoms with Gasteiger partial charge in [0, 0.05) is 26.4 Å². The number of aromatic nitrogens is 1. The zero-order chi connectivity index (χ0) is 15.2. The lowest BCUT2D eigenvalue weighted by molar-refractivity contribution is 0.593. The lowest BCUT2D eigenvalue weighted by atomic mass is 10.1. The minimum atomic E-state index is -3.63. The third kappa shape index (κ3) is 1.94. The summed E-state index contributed by atoms with van der Waals surface area (Å²) in [7, 11) is -3.63. The lowest BCUT2D eigenvalue weighted by Gasteiger charge is -2.05. The van der Waals surface area contributed by atoms with Gasteiger partial charge in [-0.3, -0.25) is 0 Å². The SMILES string of the molecule is O=S(=O)(c1ccccn1)c1cccc2sc3ccccc3c12. The number of sulfone groups is 1. The Balaban J connectivity index is 2.12. The number of pyridine rings is 1. The van der Waals surface area contributed by atoms with Crippen LogP contribution < -0.4 is 0 Å². The highest BCUT2D eigenvalue weighted by Crippen LogP contribution is 2.38. The van der Waals surface area contributed by atoms with E-state index in [1.54, 1.807) is 35.6 Å². The lowest BCUT2D eigenvalue weighted by Crippen LogP contribution is -2.04. The predicted octanol–water partition coefficient (Wildman–Crippen LogP) is 4.28. The van der Waals surface area contributed by atoms with Crippen molar-refractivity contribution in [3.05, 3.63) is 66.9 Å². The number of nitrogens with zero attached hydrogens (tertiary/aromatic N) is 1. The van der Waals surface area contributed by atoms with Crippen LogP contribution in [0.25, 0.3) is 20.2 Å². The molecule has 2 aromatic carbocycles. The van der Waals surface area contributed by atoms with Gasteiger partial charge >= 0.3 is 0 Å². The summed E-state index contributed by atoms with van der Waals surface area (Å²) in [4.78, 5) is 4.33. The van der Waals surface area contributed by atoms with Crippen LogP contribution in [-0.4, -0.2) is 13.4 Å². The van der Waals surface area contributed by atoms with Crippen molar-refractivity contribution in [2.45, 2.75) is 9.92 Å². The smallest absolute Gasteiger partial charge is 0.224 e. The average molecular weight is 325 g/mol. The molecule has 0 bridgehead atoms. The zero-order valence-corrected chi connectivity index (χ0v) is 13.1. The summed E-state index contributed by atoms with van der Waals surface area (Å²) in [5.41, 5.74) is 0. The predicted molar refractivity (Wildman–Crippen MR) is 89.0 cm³/mol. The molecular weight excluding hydrogens is 314 g/mol. The van der Waals surface area contributed by atoms with Gasteiger partial charge in [-0.1, -0.05) is 30.3 Å². The molecule has 2 aromatic heterocycles. The molecule has 0 aliphatic carbocycles. The molecule has 5 heteroatoms. The van der Waals surface area contributed by atoms with Gasteiger partial charge in [0.25, 0.3) is 0 Å². The Kier molecular flexibility index (Phi) is 2.99. The van der Waals surface area contributed by atoms with E-state index in [1.165, 1.54) is 12.3 Å². The van der Waals surface area contributed by atoms with Crippen LogP contribution in [0.2, 0.25) is 0 Å². The third-order valence-corrected chi connectivity index (χ3v) is 6.41. The van der Waals surface area contributed by atoms with E-state index in [9.17, 15) is 8.42 Å². The van der Waals surface area contributed by atoms with Gasteiger partial charge in [-0.2, -0.15) is 0 Å². The second-order valence-electron chi connectivity index (χ2n) is 4.90. The van der Waals surface area contributed by atoms with E-state index in [0.29, 0.717) is 4.90 Å². The Labute approximate surface area is 131 Å². The Bertz CT molecular complexity index is 1080. The van der Waals surface area contributed by atoms with Crippen molar-refractivity contribution in [3.8, 4) is 0 Å². The fourth-order valence-electron chi connectivity index (χ4n) is 2.58. The first kappa shape index (κ1) is 13.4. The highest BCUT2D eigenvalue weighted by Gasteiger charge is 2.23. The van der Waals surface area contributed by atoms with E-state index < -0.39 is 9.84 Å². The molecule has 3 nitrogen and oxygen atoms in total. The molecule has 4 rings (SSSR count). The molecule has 0 amide bonds. The molecule has 0 spiro atoms. The highest BCUT2D eigenvalue weighted by atomic mass is 32.2. The molecule has 22 heavy (non-hydrogen) atoms. The number of rotatable bonds is 2. The van der Waals surface area contributed by atoms with Crippen molar-refractivity contribution in [1.82, 2.24) is 4.98 Å². The zero-order valence-electron chi connectivity index (χ0n) is 11.4. The van der Waals surface area contributed by atoms with Crippen LogP contribution in [0.15, 0.2) is 76.8 Å². The van der Waals surface area contributed by atoms with Crippen molar-refractivity contribution >= 4 is 41.3 Å². The van der Waals surface area contributed by atoms with Crippen LogP contribution in [0, 0.1) is 0 Å².